The summed E-state index contributed by atoms with van der Waals surface area (Å²) in [6.07, 6.45) is 0. The molecule has 0 aliphatic carbocycles. The molecule has 0 heterocycles. The summed E-state index contributed by atoms with van der Waals surface area (Å²) < 4.78 is 0. The number of hydrogen-bond acceptors (Lipinski definition) is 5. The monoisotopic (exact) mass is 286 g/mol. The van der Waals surface area contributed by atoms with Crippen LogP contribution in [0.5, 0.6) is 0 Å². The number of thiol groups is 1. The summed E-state index contributed by atoms with van der Waals surface area (Å²) in [4.78, 5) is 0. The van der Waals surface area contributed by atoms with Gasteiger partial charge < -0.3 is 16.2 Å². The van der Waals surface area contributed by atoms with Crippen molar-refractivity contribution in [2.75, 3.05) is 23.9 Å². The van der Waals surface area contributed by atoms with Crippen LogP contribution >= 0.6 is 48.4 Å². The highest BCUT2D eigenvalue weighted by atomic mass is 32.2. The minimum Gasteiger partial charge on any atom is -0.396 e. The lowest BCUT2D eigenvalue weighted by Crippen LogP contribution is -2.36. The zero-order valence-corrected chi connectivity index (χ0v) is 12.0. The molecule has 0 aliphatic heterocycles. The minimum atomic E-state index is 0.203. The second-order valence-electron chi connectivity index (χ2n) is 2.89. The first-order valence-electron chi connectivity index (χ1n) is 4.61. The molecule has 0 radical (unpaired) electrons. The van der Waals surface area contributed by atoms with Crippen molar-refractivity contribution < 1.29 is 5.11 Å². The van der Waals surface area contributed by atoms with E-state index in [0.717, 1.165) is 17.3 Å². The van der Waals surface area contributed by atoms with Crippen molar-refractivity contribution >= 4 is 53.5 Å². The van der Waals surface area contributed by atoms with Crippen LogP contribution in [-0.4, -0.2) is 44.7 Å². The van der Waals surface area contributed by atoms with Gasteiger partial charge in [-0.05, 0) is 19.1 Å². The van der Waals surface area contributed by atoms with Crippen LogP contribution in [0.1, 0.15) is 6.92 Å². The van der Waals surface area contributed by atoms with E-state index in [1.807, 2.05) is 6.92 Å². The van der Waals surface area contributed by atoms with Gasteiger partial charge in [0.15, 0.2) is 5.11 Å². The van der Waals surface area contributed by atoms with E-state index < -0.39 is 0 Å². The molecule has 0 fully saturated rings. The summed E-state index contributed by atoms with van der Waals surface area (Å²) in [5.41, 5.74) is 5.38. The smallest absolute Gasteiger partial charge is 0.164 e. The maximum absolute atomic E-state index is 8.66. The fourth-order valence-corrected chi connectivity index (χ4v) is 3.89. The van der Waals surface area contributed by atoms with Gasteiger partial charge >= 0.3 is 0 Å². The molecule has 3 nitrogen and oxygen atoms in total. The van der Waals surface area contributed by atoms with Crippen molar-refractivity contribution in [3.8, 4) is 0 Å². The lowest BCUT2D eigenvalue weighted by molar-refractivity contribution is 0.322. The first kappa shape index (κ1) is 15.7. The number of hydrogen-bond donors (Lipinski definition) is 4. The number of thiocarbonyl (C=S) groups is 1. The molecule has 90 valence electrons. The van der Waals surface area contributed by atoms with Crippen molar-refractivity contribution in [1.82, 2.24) is 5.32 Å². The zero-order valence-electron chi connectivity index (χ0n) is 8.68. The third kappa shape index (κ3) is 9.62. The highest BCUT2D eigenvalue weighted by Crippen LogP contribution is 2.21. The van der Waals surface area contributed by atoms with Crippen LogP contribution in [0.4, 0.5) is 0 Å². The van der Waals surface area contributed by atoms with Gasteiger partial charge in [-0.25, -0.2) is 0 Å². The fourth-order valence-electron chi connectivity index (χ4n) is 0.937. The summed E-state index contributed by atoms with van der Waals surface area (Å²) in [5, 5.41) is 12.6. The topological polar surface area (TPSA) is 58.3 Å². The quantitative estimate of drug-likeness (QED) is 0.230. The van der Waals surface area contributed by atoms with Crippen molar-refractivity contribution in [3.63, 3.8) is 0 Å². The molecule has 0 saturated carbocycles. The maximum Gasteiger partial charge on any atom is 0.164 e. The van der Waals surface area contributed by atoms with Gasteiger partial charge in [-0.1, -0.05) is 0 Å². The van der Waals surface area contributed by atoms with Gasteiger partial charge in [0.25, 0.3) is 0 Å². The SMILES string of the molecule is CC(NC(N)=S)SC(CS)CSCCO. The van der Waals surface area contributed by atoms with E-state index in [4.69, 9.17) is 23.1 Å². The van der Waals surface area contributed by atoms with Gasteiger partial charge in [0.2, 0.25) is 0 Å². The standard InChI is InChI=1S/C8H18N2OS4/c1-6(10-8(9)13)15-7(4-12)5-14-3-2-11/h6-7,11-12H,2-5H2,1H3,(H3,9,10,13). The lowest BCUT2D eigenvalue weighted by Gasteiger charge is -2.19. The van der Waals surface area contributed by atoms with Gasteiger partial charge in [-0.15, -0.1) is 11.8 Å². The summed E-state index contributed by atoms with van der Waals surface area (Å²) in [7, 11) is 0. The summed E-state index contributed by atoms with van der Waals surface area (Å²) in [5.74, 6) is 2.58. The van der Waals surface area contributed by atoms with Crippen LogP contribution < -0.4 is 11.1 Å². The normalized spacial score (nSPS) is 14.6. The molecule has 0 spiro atoms. The molecule has 0 aromatic carbocycles. The first-order valence-corrected chi connectivity index (χ1v) is 7.74. The van der Waals surface area contributed by atoms with Crippen LogP contribution in [0.3, 0.4) is 0 Å². The Bertz CT molecular complexity index is 182. The van der Waals surface area contributed by atoms with E-state index in [0.29, 0.717) is 10.4 Å². The Morgan fingerprint density at radius 2 is 2.33 bits per heavy atom. The number of rotatable bonds is 8. The molecule has 0 aliphatic rings. The molecule has 15 heavy (non-hydrogen) atoms. The van der Waals surface area contributed by atoms with E-state index in [1.165, 1.54) is 0 Å². The molecule has 4 N–H and O–H groups in total. The van der Waals surface area contributed by atoms with E-state index >= 15 is 0 Å². The van der Waals surface area contributed by atoms with Crippen LogP contribution in [0.25, 0.3) is 0 Å². The van der Waals surface area contributed by atoms with E-state index in [9.17, 15) is 0 Å². The summed E-state index contributed by atoms with van der Waals surface area (Å²) >= 11 is 12.6. The van der Waals surface area contributed by atoms with Crippen LogP contribution in [0, 0.1) is 0 Å². The Morgan fingerprint density at radius 3 is 2.80 bits per heavy atom. The molecule has 0 aromatic heterocycles. The summed E-state index contributed by atoms with van der Waals surface area (Å²) in [6.45, 7) is 2.26. The predicted octanol–water partition coefficient (Wildman–Crippen LogP) is 0.923. The van der Waals surface area contributed by atoms with Gasteiger partial charge in [-0.2, -0.15) is 24.4 Å². The maximum atomic E-state index is 8.66. The Balaban J connectivity index is 3.71. The number of aliphatic hydroxyl groups excluding tert-OH is 1. The number of nitrogens with two attached hydrogens (primary N) is 1. The molecule has 0 rings (SSSR count). The number of nitrogens with one attached hydrogen (secondary N) is 1. The average Bonchev–Trinajstić information content (AvgIpc) is 2.15. The Kier molecular flexibility index (Phi) is 10.4. The van der Waals surface area contributed by atoms with Gasteiger partial charge in [0.05, 0.1) is 12.0 Å². The minimum absolute atomic E-state index is 0.203. The van der Waals surface area contributed by atoms with Gasteiger partial charge in [-0.3, -0.25) is 0 Å². The molecule has 7 heteroatoms. The van der Waals surface area contributed by atoms with Crippen LogP contribution in [0.2, 0.25) is 0 Å². The molecule has 2 unspecified atom stereocenters. The van der Waals surface area contributed by atoms with Crippen molar-refractivity contribution in [2.45, 2.75) is 17.5 Å². The first-order chi connectivity index (χ1) is 7.10. The predicted molar refractivity (Wildman–Crippen MR) is 79.0 cm³/mol. The molecule has 0 aromatic rings. The molecular weight excluding hydrogens is 268 g/mol. The Hall–Kier alpha value is 0.700. The largest absolute Gasteiger partial charge is 0.396 e. The lowest BCUT2D eigenvalue weighted by atomic mass is 10.5. The van der Waals surface area contributed by atoms with Crippen LogP contribution in [-0.2, 0) is 0 Å². The fraction of sp³-hybridized carbons (Fsp3) is 0.875. The second-order valence-corrected chi connectivity index (χ2v) is 6.49. The Labute approximate surface area is 111 Å². The molecule has 0 bridgehead atoms. The van der Waals surface area contributed by atoms with E-state index in [2.05, 4.69) is 17.9 Å². The van der Waals surface area contributed by atoms with Crippen molar-refractivity contribution in [1.29, 1.82) is 0 Å². The van der Waals surface area contributed by atoms with E-state index in [-0.39, 0.29) is 12.0 Å². The third-order valence-corrected chi connectivity index (χ3v) is 4.86. The highest BCUT2D eigenvalue weighted by molar-refractivity contribution is 8.04. The van der Waals surface area contributed by atoms with Crippen molar-refractivity contribution in [2.24, 2.45) is 5.73 Å². The number of thioether (sulfide) groups is 2. The van der Waals surface area contributed by atoms with Gasteiger partial charge in [0.1, 0.15) is 0 Å². The number of aliphatic hydroxyl groups is 1. The van der Waals surface area contributed by atoms with Crippen molar-refractivity contribution in [3.05, 3.63) is 0 Å². The highest BCUT2D eigenvalue weighted by Gasteiger charge is 2.12. The van der Waals surface area contributed by atoms with Gasteiger partial charge in [0, 0.05) is 22.5 Å². The molecule has 2 atom stereocenters. The molecule has 0 amide bonds. The van der Waals surface area contributed by atoms with Crippen LogP contribution in [0.15, 0.2) is 0 Å². The summed E-state index contributed by atoms with van der Waals surface area (Å²) in [6, 6.07) is 0. The molecular formula is C8H18N2OS4. The average molecular weight is 287 g/mol. The zero-order chi connectivity index (χ0) is 11.7. The molecule has 0 saturated heterocycles. The second kappa shape index (κ2) is 9.89. The third-order valence-electron chi connectivity index (χ3n) is 1.49. The van der Waals surface area contributed by atoms with E-state index in [1.54, 1.807) is 23.5 Å². The Morgan fingerprint density at radius 1 is 1.67 bits per heavy atom.